The lowest BCUT2D eigenvalue weighted by atomic mass is 9.78. The average molecular weight is 570 g/mol. The lowest BCUT2D eigenvalue weighted by Crippen LogP contribution is -2.68. The number of ether oxygens (including phenoxy) is 1. The molecule has 3 aromatic heterocycles. The fourth-order valence-corrected chi connectivity index (χ4v) is 8.42. The van der Waals surface area contributed by atoms with Crippen LogP contribution in [-0.4, -0.2) is 86.6 Å². The number of pyridine rings is 2. The van der Waals surface area contributed by atoms with Gasteiger partial charge in [-0.3, -0.25) is 14.7 Å². The first-order valence-corrected chi connectivity index (χ1v) is 15.3. The summed E-state index contributed by atoms with van der Waals surface area (Å²) in [6.07, 6.45) is 11.6. The molecular weight excluding hydrogens is 533 g/mol. The van der Waals surface area contributed by atoms with Crippen LogP contribution < -0.4 is 10.1 Å². The molecule has 7 heterocycles. The molecule has 1 aliphatic carbocycles. The Labute approximate surface area is 244 Å². The number of halogens is 1. The van der Waals surface area contributed by atoms with Crippen molar-refractivity contribution in [3.63, 3.8) is 0 Å². The molecule has 0 bridgehead atoms. The van der Waals surface area contributed by atoms with Crippen LogP contribution in [-0.2, 0) is 23.2 Å². The Kier molecular flexibility index (Phi) is 6.08. The molecule has 1 N–H and O–H groups in total. The number of carbonyl (C=O) groups excluding carboxylic acids is 1. The average Bonchev–Trinajstić information content (AvgIpc) is 3.61. The van der Waals surface area contributed by atoms with Crippen molar-refractivity contribution in [3.8, 4) is 17.3 Å². The van der Waals surface area contributed by atoms with Crippen molar-refractivity contribution >= 4 is 17.3 Å². The number of hydrogen-bond donors (Lipinski definition) is 1. The molecule has 42 heavy (non-hydrogen) atoms. The maximum absolute atomic E-state index is 14.5. The number of rotatable bonds is 7. The summed E-state index contributed by atoms with van der Waals surface area (Å²) in [6, 6.07) is 4.48. The number of likely N-dealkylation sites (tertiary alicyclic amines) is 1. The van der Waals surface area contributed by atoms with Crippen molar-refractivity contribution in [2.45, 2.75) is 74.7 Å². The van der Waals surface area contributed by atoms with E-state index in [9.17, 15) is 9.18 Å². The van der Waals surface area contributed by atoms with Gasteiger partial charge < -0.3 is 15.0 Å². The van der Waals surface area contributed by atoms with Crippen LogP contribution in [0.5, 0.6) is 6.01 Å². The number of alkyl halides is 1. The summed E-state index contributed by atoms with van der Waals surface area (Å²) in [7, 11) is 0. The van der Waals surface area contributed by atoms with Gasteiger partial charge in [-0.15, -0.1) is 0 Å². The van der Waals surface area contributed by atoms with Gasteiger partial charge >= 0.3 is 6.01 Å². The van der Waals surface area contributed by atoms with Crippen molar-refractivity contribution in [1.29, 1.82) is 0 Å². The Bertz CT molecular complexity index is 1600. The van der Waals surface area contributed by atoms with Crippen molar-refractivity contribution in [2.75, 3.05) is 32.8 Å². The fourth-order valence-electron chi connectivity index (χ4n) is 8.42. The smallest absolute Gasteiger partial charge is 0.318 e. The van der Waals surface area contributed by atoms with E-state index in [1.165, 1.54) is 17.5 Å². The number of nitrogens with zero attached hydrogens (tertiary/aromatic N) is 6. The molecule has 10 heteroatoms. The lowest BCUT2D eigenvalue weighted by Gasteiger charge is -2.51. The number of aldehydes is 1. The van der Waals surface area contributed by atoms with Gasteiger partial charge in [0.1, 0.15) is 18.3 Å². The van der Waals surface area contributed by atoms with Crippen LogP contribution >= 0.6 is 0 Å². The number of hydrogen-bond acceptors (Lipinski definition) is 9. The van der Waals surface area contributed by atoms with Crippen LogP contribution in [0.3, 0.4) is 0 Å². The second-order valence-corrected chi connectivity index (χ2v) is 12.7. The van der Waals surface area contributed by atoms with Crippen LogP contribution in [0.4, 0.5) is 4.39 Å². The third-order valence-corrected chi connectivity index (χ3v) is 10.5. The number of allylic oxidation sites excluding steroid dienone is 1. The van der Waals surface area contributed by atoms with E-state index in [0.29, 0.717) is 44.0 Å². The van der Waals surface area contributed by atoms with Crippen LogP contribution in [0, 0.1) is 0 Å². The Morgan fingerprint density at radius 1 is 1.17 bits per heavy atom. The highest BCUT2D eigenvalue weighted by molar-refractivity contribution is 5.83. The molecular formula is C32H36FN7O2. The maximum Gasteiger partial charge on any atom is 0.318 e. The van der Waals surface area contributed by atoms with Crippen LogP contribution in [0.1, 0.15) is 55.3 Å². The van der Waals surface area contributed by atoms with Crippen molar-refractivity contribution in [2.24, 2.45) is 0 Å². The number of aryl methyl sites for hydroxylation is 1. The van der Waals surface area contributed by atoms with Gasteiger partial charge in [-0.05, 0) is 74.8 Å². The zero-order valence-corrected chi connectivity index (χ0v) is 23.8. The summed E-state index contributed by atoms with van der Waals surface area (Å²) in [5, 5.41) is 4.38. The largest absolute Gasteiger partial charge is 0.461 e. The minimum atomic E-state index is -0.835. The monoisotopic (exact) mass is 569 g/mol. The predicted molar refractivity (Wildman–Crippen MR) is 156 cm³/mol. The second kappa shape index (κ2) is 9.77. The van der Waals surface area contributed by atoms with Gasteiger partial charge in [-0.25, -0.2) is 9.37 Å². The van der Waals surface area contributed by atoms with Gasteiger partial charge in [0.05, 0.1) is 22.6 Å². The van der Waals surface area contributed by atoms with E-state index in [1.807, 2.05) is 18.5 Å². The molecule has 218 valence electrons. The van der Waals surface area contributed by atoms with Crippen molar-refractivity contribution < 1.29 is 13.9 Å². The van der Waals surface area contributed by atoms with Gasteiger partial charge in [-0.2, -0.15) is 9.97 Å². The molecule has 3 aromatic rings. The first-order valence-electron chi connectivity index (χ1n) is 15.3. The highest BCUT2D eigenvalue weighted by Gasteiger charge is 2.58. The molecule has 3 unspecified atom stereocenters. The van der Waals surface area contributed by atoms with E-state index in [-0.39, 0.29) is 17.6 Å². The predicted octanol–water partition coefficient (Wildman–Crippen LogP) is 3.51. The zero-order chi connectivity index (χ0) is 28.5. The highest BCUT2D eigenvalue weighted by Crippen LogP contribution is 2.48. The SMILES string of the molecule is C=C(C=O)N1CCC2NCC21c1nc(OCC23CCCN2C[C@H](F)C3)nc2nc(-c3cncc4c3CCCC4)ccc12. The Balaban J connectivity index is 1.25. The topological polar surface area (TPSA) is 96.4 Å². The van der Waals surface area contributed by atoms with E-state index >= 15 is 0 Å². The van der Waals surface area contributed by atoms with Crippen molar-refractivity contribution in [3.05, 3.63) is 53.6 Å². The van der Waals surface area contributed by atoms with E-state index in [1.54, 1.807) is 0 Å². The van der Waals surface area contributed by atoms with E-state index in [4.69, 9.17) is 19.7 Å². The Morgan fingerprint density at radius 2 is 2.07 bits per heavy atom. The second-order valence-electron chi connectivity index (χ2n) is 12.7. The van der Waals surface area contributed by atoms with Crippen molar-refractivity contribution in [1.82, 2.24) is 35.1 Å². The van der Waals surface area contributed by atoms with Gasteiger partial charge in [0.25, 0.3) is 0 Å². The van der Waals surface area contributed by atoms with E-state index in [2.05, 4.69) is 32.7 Å². The minimum absolute atomic E-state index is 0.121. The molecule has 0 saturated carbocycles. The molecule has 0 aromatic carbocycles. The number of fused-ring (bicyclic) bond motifs is 4. The molecule has 4 saturated heterocycles. The first kappa shape index (κ1) is 26.2. The number of carbonyl (C=O) groups is 1. The normalized spacial score (nSPS) is 30.1. The van der Waals surface area contributed by atoms with Crippen LogP contribution in [0.25, 0.3) is 22.3 Å². The van der Waals surface area contributed by atoms with Gasteiger partial charge in [0, 0.05) is 55.4 Å². The van der Waals surface area contributed by atoms with Crippen LogP contribution in [0.2, 0.25) is 0 Å². The first-order chi connectivity index (χ1) is 20.5. The molecule has 0 radical (unpaired) electrons. The third kappa shape index (κ3) is 3.84. The highest BCUT2D eigenvalue weighted by atomic mass is 19.1. The molecule has 0 amide bonds. The lowest BCUT2D eigenvalue weighted by molar-refractivity contribution is -0.107. The van der Waals surface area contributed by atoms with Gasteiger partial charge in [0.2, 0.25) is 0 Å². The number of aromatic nitrogens is 4. The molecule has 5 aliphatic rings. The molecule has 8 rings (SSSR count). The Morgan fingerprint density at radius 3 is 2.93 bits per heavy atom. The molecule has 4 fully saturated rings. The van der Waals surface area contributed by atoms with Crippen LogP contribution in [0.15, 0.2) is 36.8 Å². The molecule has 4 atom stereocenters. The van der Waals surface area contributed by atoms with E-state index in [0.717, 1.165) is 73.7 Å². The van der Waals surface area contributed by atoms with Gasteiger partial charge in [-0.1, -0.05) is 6.58 Å². The summed E-state index contributed by atoms with van der Waals surface area (Å²) in [4.78, 5) is 35.8. The number of nitrogens with one attached hydrogen (secondary N) is 1. The standard InChI is InChI=1S/C32H36FN7O2/c1-20(17-41)40-12-9-27-32(40,18-35-27)28-24-7-8-26(25-15-34-14-21-5-2-3-6-23(21)25)36-29(24)38-30(37-28)42-19-31-10-4-11-39(31)16-22(33)13-31/h7-8,14-15,17,22,27,35H,1-6,9-13,16,18-19H2/t22-,27?,31?,32?/m1/s1. The van der Waals surface area contributed by atoms with E-state index < -0.39 is 11.7 Å². The maximum atomic E-state index is 14.5. The quantitative estimate of drug-likeness (QED) is 0.339. The summed E-state index contributed by atoms with van der Waals surface area (Å²) in [5.41, 5.74) is 5.46. The summed E-state index contributed by atoms with van der Waals surface area (Å²) >= 11 is 0. The molecule has 0 spiro atoms. The minimum Gasteiger partial charge on any atom is -0.461 e. The zero-order valence-electron chi connectivity index (χ0n) is 23.8. The summed E-state index contributed by atoms with van der Waals surface area (Å²) in [5.74, 6) is 0. The third-order valence-electron chi connectivity index (χ3n) is 10.5. The summed E-state index contributed by atoms with van der Waals surface area (Å²) in [6.45, 7) is 7.11. The Hall–Kier alpha value is -3.50. The van der Waals surface area contributed by atoms with Gasteiger partial charge in [0.15, 0.2) is 11.9 Å². The summed E-state index contributed by atoms with van der Waals surface area (Å²) < 4.78 is 20.9. The molecule has 9 nitrogen and oxygen atoms in total. The fraction of sp³-hybridized carbons (Fsp3) is 0.531. The molecule has 4 aliphatic heterocycles.